The molecule has 2 unspecified atom stereocenters. The Morgan fingerprint density at radius 1 is 1.64 bits per heavy atom. The molecule has 0 aromatic heterocycles. The molecule has 0 spiro atoms. The lowest BCUT2D eigenvalue weighted by Gasteiger charge is -2.30. The van der Waals surface area contributed by atoms with Crippen LogP contribution in [0.4, 0.5) is 0 Å². The fraction of sp³-hybridized carbons (Fsp3) is 1.00. The van der Waals surface area contributed by atoms with Crippen LogP contribution in [0.2, 0.25) is 0 Å². The van der Waals surface area contributed by atoms with Gasteiger partial charge in [-0.05, 0) is 20.4 Å². The standard InChI is InChI=1S/C10H22N2O2/c1-9(12(2)4-5-13)7-10-8-14-6-3-11-10/h9-11,13H,3-8H2,1-2H3. The first-order chi connectivity index (χ1) is 6.74. The maximum Gasteiger partial charge on any atom is 0.0620 e. The summed E-state index contributed by atoms with van der Waals surface area (Å²) in [6.07, 6.45) is 1.08. The lowest BCUT2D eigenvalue weighted by atomic mass is 10.1. The van der Waals surface area contributed by atoms with Crippen LogP contribution < -0.4 is 5.32 Å². The van der Waals surface area contributed by atoms with E-state index in [-0.39, 0.29) is 6.61 Å². The molecule has 0 amide bonds. The van der Waals surface area contributed by atoms with Crippen LogP contribution in [-0.4, -0.2) is 62.0 Å². The molecular formula is C10H22N2O2. The van der Waals surface area contributed by atoms with Gasteiger partial charge in [0.05, 0.1) is 19.8 Å². The van der Waals surface area contributed by atoms with E-state index in [0.29, 0.717) is 12.1 Å². The van der Waals surface area contributed by atoms with E-state index in [1.54, 1.807) is 0 Å². The van der Waals surface area contributed by atoms with Gasteiger partial charge < -0.3 is 20.1 Å². The normalized spacial score (nSPS) is 25.3. The van der Waals surface area contributed by atoms with E-state index in [1.807, 2.05) is 7.05 Å². The Morgan fingerprint density at radius 2 is 2.43 bits per heavy atom. The van der Waals surface area contributed by atoms with Crippen LogP contribution in [0.1, 0.15) is 13.3 Å². The fourth-order valence-corrected chi connectivity index (χ4v) is 1.74. The SMILES string of the molecule is CC(CC1COCCN1)N(C)CCO. The van der Waals surface area contributed by atoms with Gasteiger partial charge in [0.15, 0.2) is 0 Å². The molecule has 1 aliphatic rings. The minimum absolute atomic E-state index is 0.232. The quantitative estimate of drug-likeness (QED) is 0.641. The molecule has 1 rings (SSSR count). The van der Waals surface area contributed by atoms with E-state index in [2.05, 4.69) is 17.1 Å². The minimum Gasteiger partial charge on any atom is -0.395 e. The second-order valence-electron chi connectivity index (χ2n) is 4.01. The first-order valence-electron chi connectivity index (χ1n) is 5.36. The summed E-state index contributed by atoms with van der Waals surface area (Å²) < 4.78 is 5.39. The summed E-state index contributed by atoms with van der Waals surface area (Å²) in [4.78, 5) is 2.18. The molecule has 4 nitrogen and oxygen atoms in total. The number of aliphatic hydroxyl groups is 1. The van der Waals surface area contributed by atoms with E-state index in [4.69, 9.17) is 9.84 Å². The molecule has 1 saturated heterocycles. The number of likely N-dealkylation sites (N-methyl/N-ethyl adjacent to an activating group) is 1. The van der Waals surface area contributed by atoms with E-state index >= 15 is 0 Å². The summed E-state index contributed by atoms with van der Waals surface area (Å²) in [6.45, 7) is 5.77. The van der Waals surface area contributed by atoms with E-state index in [9.17, 15) is 0 Å². The molecule has 14 heavy (non-hydrogen) atoms. The molecule has 0 saturated carbocycles. The Hall–Kier alpha value is -0.160. The van der Waals surface area contributed by atoms with Crippen LogP contribution in [-0.2, 0) is 4.74 Å². The highest BCUT2D eigenvalue weighted by atomic mass is 16.5. The van der Waals surface area contributed by atoms with Gasteiger partial charge in [-0.25, -0.2) is 0 Å². The van der Waals surface area contributed by atoms with Crippen molar-refractivity contribution in [2.75, 3.05) is 40.0 Å². The number of hydrogen-bond acceptors (Lipinski definition) is 4. The van der Waals surface area contributed by atoms with E-state index < -0.39 is 0 Å². The second kappa shape index (κ2) is 6.35. The van der Waals surface area contributed by atoms with E-state index in [0.717, 1.165) is 32.7 Å². The molecule has 0 bridgehead atoms. The number of morpholine rings is 1. The van der Waals surface area contributed by atoms with Crippen LogP contribution in [0.3, 0.4) is 0 Å². The van der Waals surface area contributed by atoms with Crippen molar-refractivity contribution in [3.63, 3.8) is 0 Å². The fourth-order valence-electron chi connectivity index (χ4n) is 1.74. The average Bonchev–Trinajstić information content (AvgIpc) is 2.19. The Kier molecular flexibility index (Phi) is 5.40. The van der Waals surface area contributed by atoms with Crippen LogP contribution in [0.15, 0.2) is 0 Å². The summed E-state index contributed by atoms with van der Waals surface area (Å²) in [5.74, 6) is 0. The highest BCUT2D eigenvalue weighted by Crippen LogP contribution is 2.07. The molecular weight excluding hydrogens is 180 g/mol. The summed E-state index contributed by atoms with van der Waals surface area (Å²) in [5.41, 5.74) is 0. The van der Waals surface area contributed by atoms with Gasteiger partial charge in [-0.15, -0.1) is 0 Å². The molecule has 1 heterocycles. The zero-order chi connectivity index (χ0) is 10.4. The number of aliphatic hydroxyl groups excluding tert-OH is 1. The first kappa shape index (κ1) is 11.9. The maximum atomic E-state index is 8.81. The highest BCUT2D eigenvalue weighted by Gasteiger charge is 2.18. The smallest absolute Gasteiger partial charge is 0.0620 e. The molecule has 2 atom stereocenters. The van der Waals surface area contributed by atoms with Crippen molar-refractivity contribution < 1.29 is 9.84 Å². The molecule has 4 heteroatoms. The van der Waals surface area contributed by atoms with E-state index in [1.165, 1.54) is 0 Å². The van der Waals surface area contributed by atoms with Gasteiger partial charge >= 0.3 is 0 Å². The third-order valence-electron chi connectivity index (χ3n) is 2.83. The highest BCUT2D eigenvalue weighted by molar-refractivity contribution is 4.76. The van der Waals surface area contributed by atoms with Crippen molar-refractivity contribution in [1.82, 2.24) is 10.2 Å². The molecule has 0 radical (unpaired) electrons. The average molecular weight is 202 g/mol. The van der Waals surface area contributed by atoms with Crippen LogP contribution in [0.25, 0.3) is 0 Å². The molecule has 84 valence electrons. The van der Waals surface area contributed by atoms with Gasteiger partial charge in [-0.2, -0.15) is 0 Å². The largest absolute Gasteiger partial charge is 0.395 e. The Bertz CT molecular complexity index is 149. The molecule has 2 N–H and O–H groups in total. The first-order valence-corrected chi connectivity index (χ1v) is 5.36. The maximum absolute atomic E-state index is 8.81. The molecule has 0 aromatic rings. The topological polar surface area (TPSA) is 44.7 Å². The predicted octanol–water partition coefficient (Wildman–Crippen LogP) is -0.322. The third-order valence-corrected chi connectivity index (χ3v) is 2.83. The second-order valence-corrected chi connectivity index (χ2v) is 4.01. The molecule has 1 fully saturated rings. The number of nitrogens with one attached hydrogen (secondary N) is 1. The molecule has 1 aliphatic heterocycles. The summed E-state index contributed by atoms with van der Waals surface area (Å²) in [5, 5.41) is 12.2. The van der Waals surface area contributed by atoms with Crippen molar-refractivity contribution in [2.24, 2.45) is 0 Å². The van der Waals surface area contributed by atoms with Gasteiger partial charge in [0.2, 0.25) is 0 Å². The van der Waals surface area contributed by atoms with Crippen molar-refractivity contribution in [3.8, 4) is 0 Å². The van der Waals surface area contributed by atoms with Crippen molar-refractivity contribution in [2.45, 2.75) is 25.4 Å². The van der Waals surface area contributed by atoms with Gasteiger partial charge in [0.25, 0.3) is 0 Å². The van der Waals surface area contributed by atoms with Gasteiger partial charge in [-0.3, -0.25) is 0 Å². The van der Waals surface area contributed by atoms with Crippen molar-refractivity contribution in [3.05, 3.63) is 0 Å². The molecule has 0 aliphatic carbocycles. The number of nitrogens with zero attached hydrogens (tertiary/aromatic N) is 1. The zero-order valence-corrected chi connectivity index (χ0v) is 9.20. The predicted molar refractivity (Wildman–Crippen MR) is 56.4 cm³/mol. The van der Waals surface area contributed by atoms with Crippen LogP contribution in [0, 0.1) is 0 Å². The lowest BCUT2D eigenvalue weighted by molar-refractivity contribution is 0.0629. The van der Waals surface area contributed by atoms with Crippen LogP contribution >= 0.6 is 0 Å². The van der Waals surface area contributed by atoms with Gasteiger partial charge in [-0.1, -0.05) is 0 Å². The van der Waals surface area contributed by atoms with Crippen molar-refractivity contribution >= 4 is 0 Å². The zero-order valence-electron chi connectivity index (χ0n) is 9.20. The Morgan fingerprint density at radius 3 is 3.00 bits per heavy atom. The van der Waals surface area contributed by atoms with Crippen LogP contribution in [0.5, 0.6) is 0 Å². The number of rotatable bonds is 5. The van der Waals surface area contributed by atoms with Crippen molar-refractivity contribution in [1.29, 1.82) is 0 Å². The summed E-state index contributed by atoms with van der Waals surface area (Å²) in [6, 6.07) is 0.959. The minimum atomic E-state index is 0.232. The monoisotopic (exact) mass is 202 g/mol. The number of hydrogen-bond donors (Lipinski definition) is 2. The Labute approximate surface area is 86.2 Å². The summed E-state index contributed by atoms with van der Waals surface area (Å²) in [7, 11) is 2.05. The molecule has 0 aromatic carbocycles. The Balaban J connectivity index is 2.20. The van der Waals surface area contributed by atoms with Gasteiger partial charge in [0, 0.05) is 25.2 Å². The van der Waals surface area contributed by atoms with Gasteiger partial charge in [0.1, 0.15) is 0 Å². The number of ether oxygens (including phenoxy) is 1. The summed E-state index contributed by atoms with van der Waals surface area (Å²) >= 11 is 0. The third kappa shape index (κ3) is 3.92. The lowest BCUT2D eigenvalue weighted by Crippen LogP contribution is -2.45.